The Labute approximate surface area is 264 Å². The van der Waals surface area contributed by atoms with Crippen LogP contribution in [0.2, 0.25) is 0 Å². The first kappa shape index (κ1) is 24.6. The maximum atomic E-state index is 3.62. The lowest BCUT2D eigenvalue weighted by atomic mass is 9.95. The first-order valence-corrected chi connectivity index (χ1v) is 16.4. The van der Waals surface area contributed by atoms with E-state index in [0.29, 0.717) is 0 Å². The maximum absolute atomic E-state index is 3.62. The molecule has 0 unspecified atom stereocenters. The SMILES string of the molecule is c1ccc2c(c1)[nH]c1ccc(-n3c4c(c5cc6c(cc53)c3ccccc3n6-c3ccc5[nH]c6ccccc6c5c3)CCCC4)cc12. The average Bonchev–Trinajstić information content (AvgIpc) is 3.84. The van der Waals surface area contributed by atoms with Crippen LogP contribution >= 0.6 is 0 Å². The molecule has 1 aliphatic carbocycles. The second kappa shape index (κ2) is 8.92. The highest BCUT2D eigenvalue weighted by molar-refractivity contribution is 6.15. The molecule has 0 radical (unpaired) electrons. The number of hydrogen-bond acceptors (Lipinski definition) is 0. The smallest absolute Gasteiger partial charge is 0.0548 e. The van der Waals surface area contributed by atoms with Gasteiger partial charge < -0.3 is 19.1 Å². The Morgan fingerprint density at radius 2 is 0.935 bits per heavy atom. The lowest BCUT2D eigenvalue weighted by Gasteiger charge is -2.16. The molecule has 2 N–H and O–H groups in total. The van der Waals surface area contributed by atoms with Gasteiger partial charge in [0, 0.05) is 76.8 Å². The van der Waals surface area contributed by atoms with Gasteiger partial charge in [-0.1, -0.05) is 54.6 Å². The summed E-state index contributed by atoms with van der Waals surface area (Å²) < 4.78 is 5.06. The molecule has 0 amide bonds. The fraction of sp³-hybridized carbons (Fsp3) is 0.0952. The number of aryl methyl sites for hydroxylation is 1. The van der Waals surface area contributed by atoms with Crippen molar-refractivity contribution in [3.8, 4) is 11.4 Å². The van der Waals surface area contributed by atoms with Crippen molar-refractivity contribution in [2.45, 2.75) is 25.7 Å². The molecule has 4 heterocycles. The minimum absolute atomic E-state index is 1.11. The molecule has 0 atom stereocenters. The molecule has 0 fully saturated rings. The first-order chi connectivity index (χ1) is 22.8. The Morgan fingerprint density at radius 3 is 1.65 bits per heavy atom. The molecule has 6 aromatic carbocycles. The Bertz CT molecular complexity index is 2870. The predicted molar refractivity (Wildman–Crippen MR) is 193 cm³/mol. The fourth-order valence-electron chi connectivity index (χ4n) is 8.53. The standard InChI is InChI=1S/C42H30N4/c1-5-13-35-27(9-1)31-21-25(17-19-37(31)43-35)45-39-15-7-3-11-29(39)33-24-42-34(23-41(33)45)30-12-4-8-16-40(30)46(42)26-18-20-38-32(22-26)28-10-2-6-14-36(28)44-38/h1-3,5-7,9-11,13-15,17-24,43-44H,4,8,12,16H2. The van der Waals surface area contributed by atoms with Gasteiger partial charge in [-0.15, -0.1) is 0 Å². The number of nitrogens with one attached hydrogen (secondary N) is 2. The third-order valence-electron chi connectivity index (χ3n) is 10.6. The molecule has 0 saturated heterocycles. The van der Waals surface area contributed by atoms with Crippen molar-refractivity contribution in [3.05, 3.63) is 133 Å². The van der Waals surface area contributed by atoms with Gasteiger partial charge in [0.05, 0.1) is 16.6 Å². The largest absolute Gasteiger partial charge is 0.355 e. The summed E-state index contributed by atoms with van der Waals surface area (Å²) >= 11 is 0. The number of para-hydroxylation sites is 3. The normalized spacial score (nSPS) is 13.7. The molecule has 0 spiro atoms. The van der Waals surface area contributed by atoms with Gasteiger partial charge in [0.2, 0.25) is 0 Å². The summed E-state index contributed by atoms with van der Waals surface area (Å²) in [6.07, 6.45) is 4.71. The van der Waals surface area contributed by atoms with Crippen LogP contribution in [0.4, 0.5) is 0 Å². The summed E-state index contributed by atoms with van der Waals surface area (Å²) in [5, 5.41) is 9.06. The third-order valence-corrected chi connectivity index (χ3v) is 10.6. The second-order valence-corrected chi connectivity index (χ2v) is 13.0. The minimum atomic E-state index is 1.11. The summed E-state index contributed by atoms with van der Waals surface area (Å²) in [5.74, 6) is 0. The van der Waals surface area contributed by atoms with Crippen LogP contribution in [-0.4, -0.2) is 19.1 Å². The summed E-state index contributed by atoms with van der Waals surface area (Å²) in [6, 6.07) is 45.0. The number of fused-ring (bicyclic) bond motifs is 12. The summed E-state index contributed by atoms with van der Waals surface area (Å²) in [7, 11) is 0. The highest BCUT2D eigenvalue weighted by atomic mass is 15.0. The highest BCUT2D eigenvalue weighted by Gasteiger charge is 2.24. The lowest BCUT2D eigenvalue weighted by Crippen LogP contribution is -2.06. The molecular formula is C42H30N4. The van der Waals surface area contributed by atoms with Crippen molar-refractivity contribution in [1.29, 1.82) is 0 Å². The Balaban J connectivity index is 1.22. The Morgan fingerprint density at radius 1 is 0.391 bits per heavy atom. The number of hydrogen-bond donors (Lipinski definition) is 2. The van der Waals surface area contributed by atoms with E-state index in [-0.39, 0.29) is 0 Å². The van der Waals surface area contributed by atoms with E-state index in [0.717, 1.165) is 12.8 Å². The molecular weight excluding hydrogens is 560 g/mol. The van der Waals surface area contributed by atoms with Crippen molar-refractivity contribution >= 4 is 76.3 Å². The van der Waals surface area contributed by atoms with Gasteiger partial charge in [-0.3, -0.25) is 0 Å². The number of rotatable bonds is 2. The van der Waals surface area contributed by atoms with Crippen LogP contribution < -0.4 is 0 Å². The number of aromatic nitrogens is 4. The monoisotopic (exact) mass is 590 g/mol. The zero-order chi connectivity index (χ0) is 29.9. The van der Waals surface area contributed by atoms with E-state index in [9.17, 15) is 0 Å². The zero-order valence-electron chi connectivity index (χ0n) is 25.3. The first-order valence-electron chi connectivity index (χ1n) is 16.4. The van der Waals surface area contributed by atoms with Gasteiger partial charge in [-0.05, 0) is 98.0 Å². The zero-order valence-corrected chi connectivity index (χ0v) is 25.3. The van der Waals surface area contributed by atoms with Gasteiger partial charge in [0.15, 0.2) is 0 Å². The van der Waals surface area contributed by atoms with E-state index in [4.69, 9.17) is 0 Å². The van der Waals surface area contributed by atoms with Crippen molar-refractivity contribution in [1.82, 2.24) is 19.1 Å². The molecule has 1 aliphatic rings. The van der Waals surface area contributed by atoms with E-state index in [1.54, 1.807) is 0 Å². The second-order valence-electron chi connectivity index (χ2n) is 13.0. The molecule has 10 aromatic rings. The Kier molecular flexibility index (Phi) is 4.76. The van der Waals surface area contributed by atoms with Gasteiger partial charge in [-0.25, -0.2) is 0 Å². The van der Waals surface area contributed by atoms with Crippen LogP contribution in [0.15, 0.2) is 121 Å². The van der Waals surface area contributed by atoms with Crippen molar-refractivity contribution in [2.24, 2.45) is 0 Å². The molecule has 11 rings (SSSR count). The van der Waals surface area contributed by atoms with Crippen molar-refractivity contribution < 1.29 is 0 Å². The minimum Gasteiger partial charge on any atom is -0.355 e. The Hall–Kier alpha value is -5.74. The maximum Gasteiger partial charge on any atom is 0.0548 e. The number of benzene rings is 6. The van der Waals surface area contributed by atoms with Gasteiger partial charge in [0.1, 0.15) is 0 Å². The number of nitrogens with zero attached hydrogens (tertiary/aromatic N) is 2. The van der Waals surface area contributed by atoms with Gasteiger partial charge in [-0.2, -0.15) is 0 Å². The van der Waals surface area contributed by atoms with Crippen LogP contribution in [0.1, 0.15) is 24.1 Å². The van der Waals surface area contributed by atoms with Crippen LogP contribution in [0.25, 0.3) is 87.7 Å². The van der Waals surface area contributed by atoms with E-state index in [2.05, 4.69) is 140 Å². The fourth-order valence-corrected chi connectivity index (χ4v) is 8.53. The molecule has 4 aromatic heterocycles. The number of aromatic amines is 2. The van der Waals surface area contributed by atoms with Crippen LogP contribution in [0.3, 0.4) is 0 Å². The van der Waals surface area contributed by atoms with E-state index in [1.807, 2.05) is 0 Å². The van der Waals surface area contributed by atoms with E-state index in [1.165, 1.54) is 112 Å². The lowest BCUT2D eigenvalue weighted by molar-refractivity contribution is 0.667. The summed E-state index contributed by atoms with van der Waals surface area (Å²) in [4.78, 5) is 7.22. The molecule has 218 valence electrons. The summed E-state index contributed by atoms with van der Waals surface area (Å²) in [5.41, 5.74) is 14.0. The molecule has 46 heavy (non-hydrogen) atoms. The van der Waals surface area contributed by atoms with Crippen molar-refractivity contribution in [3.63, 3.8) is 0 Å². The quantitative estimate of drug-likeness (QED) is 0.201. The highest BCUT2D eigenvalue weighted by Crippen LogP contribution is 2.42. The third kappa shape index (κ3) is 3.23. The van der Waals surface area contributed by atoms with Crippen molar-refractivity contribution in [2.75, 3.05) is 0 Å². The van der Waals surface area contributed by atoms with Crippen LogP contribution in [0.5, 0.6) is 0 Å². The topological polar surface area (TPSA) is 41.4 Å². The van der Waals surface area contributed by atoms with Crippen LogP contribution in [-0.2, 0) is 12.8 Å². The molecule has 4 heteroatoms. The predicted octanol–water partition coefficient (Wildman–Crippen LogP) is 10.9. The molecule has 4 nitrogen and oxygen atoms in total. The molecule has 0 aliphatic heterocycles. The van der Waals surface area contributed by atoms with E-state index < -0.39 is 0 Å². The number of H-pyrrole nitrogens is 2. The average molecular weight is 591 g/mol. The van der Waals surface area contributed by atoms with E-state index >= 15 is 0 Å². The van der Waals surface area contributed by atoms with Gasteiger partial charge in [0.25, 0.3) is 0 Å². The van der Waals surface area contributed by atoms with Gasteiger partial charge >= 0.3 is 0 Å². The summed E-state index contributed by atoms with van der Waals surface area (Å²) in [6.45, 7) is 0. The molecule has 0 saturated carbocycles. The van der Waals surface area contributed by atoms with Crippen LogP contribution in [0, 0.1) is 0 Å². The molecule has 0 bridgehead atoms.